The van der Waals surface area contributed by atoms with Crippen molar-refractivity contribution in [2.45, 2.75) is 13.5 Å². The van der Waals surface area contributed by atoms with E-state index in [1.807, 2.05) is 31.2 Å². The molecule has 2 aromatic heterocycles. The maximum absolute atomic E-state index is 12.6. The molecular weight excluding hydrogens is 392 g/mol. The quantitative estimate of drug-likeness (QED) is 0.543. The predicted molar refractivity (Wildman–Crippen MR) is 111 cm³/mol. The molecule has 0 saturated heterocycles. The van der Waals surface area contributed by atoms with E-state index in [9.17, 15) is 9.59 Å². The molecule has 146 valence electrons. The highest BCUT2D eigenvalue weighted by molar-refractivity contribution is 6.31. The Hall–Kier alpha value is -3.58. The fourth-order valence-electron chi connectivity index (χ4n) is 2.82. The highest BCUT2D eigenvalue weighted by Gasteiger charge is 2.14. The third-order valence-corrected chi connectivity index (χ3v) is 4.48. The highest BCUT2D eigenvalue weighted by Crippen LogP contribution is 2.32. The summed E-state index contributed by atoms with van der Waals surface area (Å²) in [5, 5.41) is 7.35. The Labute approximate surface area is 171 Å². The van der Waals surface area contributed by atoms with Crippen LogP contribution in [0.3, 0.4) is 0 Å². The number of nitrogens with zero attached hydrogens (tertiary/aromatic N) is 3. The standard InChI is InChI=1S/C21H17ClN4O3/c1-14-5-8-16(9-6-14)29-18-10-7-15(22)12-17(18)23-20(27)13-26-21(28)25-11-3-2-4-19(25)24-26/h2-12H,13H2,1H3,(H,23,27). The van der Waals surface area contributed by atoms with Gasteiger partial charge in [-0.3, -0.25) is 9.20 Å². The van der Waals surface area contributed by atoms with Gasteiger partial charge < -0.3 is 10.1 Å². The molecule has 4 aromatic rings. The Balaban J connectivity index is 1.55. The molecule has 2 heterocycles. The van der Waals surface area contributed by atoms with E-state index in [-0.39, 0.29) is 6.54 Å². The Morgan fingerprint density at radius 2 is 1.93 bits per heavy atom. The van der Waals surface area contributed by atoms with E-state index in [1.54, 1.807) is 42.6 Å². The van der Waals surface area contributed by atoms with E-state index in [0.717, 1.165) is 10.2 Å². The van der Waals surface area contributed by atoms with Crippen LogP contribution < -0.4 is 15.7 Å². The van der Waals surface area contributed by atoms with Crippen LogP contribution in [0.2, 0.25) is 5.02 Å². The number of fused-ring (bicyclic) bond motifs is 1. The molecule has 0 fully saturated rings. The van der Waals surface area contributed by atoms with Gasteiger partial charge in [0.2, 0.25) is 5.91 Å². The summed E-state index contributed by atoms with van der Waals surface area (Å²) in [6.07, 6.45) is 1.60. The van der Waals surface area contributed by atoms with Crippen LogP contribution in [0.15, 0.2) is 71.7 Å². The zero-order chi connectivity index (χ0) is 20.4. The van der Waals surface area contributed by atoms with Gasteiger partial charge in [0.1, 0.15) is 12.3 Å². The summed E-state index contributed by atoms with van der Waals surface area (Å²) in [5.41, 5.74) is 1.59. The van der Waals surface area contributed by atoms with E-state index in [2.05, 4.69) is 10.4 Å². The Bertz CT molecular complexity index is 1250. The zero-order valence-electron chi connectivity index (χ0n) is 15.5. The lowest BCUT2D eigenvalue weighted by molar-refractivity contribution is -0.117. The number of amides is 1. The monoisotopic (exact) mass is 408 g/mol. The first-order valence-corrected chi connectivity index (χ1v) is 9.25. The molecule has 0 atom stereocenters. The van der Waals surface area contributed by atoms with E-state index in [1.165, 1.54) is 4.40 Å². The van der Waals surface area contributed by atoms with E-state index in [0.29, 0.717) is 27.9 Å². The maximum atomic E-state index is 12.6. The normalized spacial score (nSPS) is 10.8. The summed E-state index contributed by atoms with van der Waals surface area (Å²) in [4.78, 5) is 24.9. The van der Waals surface area contributed by atoms with Gasteiger partial charge in [-0.25, -0.2) is 9.48 Å². The number of hydrogen-bond acceptors (Lipinski definition) is 4. The number of nitrogens with one attached hydrogen (secondary N) is 1. The number of carbonyl (C=O) groups excluding carboxylic acids is 1. The SMILES string of the molecule is Cc1ccc(Oc2ccc(Cl)cc2NC(=O)Cn2nc3ccccn3c2=O)cc1. The first-order chi connectivity index (χ1) is 14.0. The molecule has 1 N–H and O–H groups in total. The molecule has 0 unspecified atom stereocenters. The van der Waals surface area contributed by atoms with Crippen LogP contribution in [0.4, 0.5) is 5.69 Å². The minimum atomic E-state index is -0.425. The van der Waals surface area contributed by atoms with Crippen LogP contribution in [-0.4, -0.2) is 20.1 Å². The first-order valence-electron chi connectivity index (χ1n) is 8.88. The first kappa shape index (κ1) is 18.8. The molecule has 0 saturated carbocycles. The number of halogens is 1. The van der Waals surface area contributed by atoms with E-state index >= 15 is 0 Å². The van der Waals surface area contributed by atoms with Crippen LogP contribution in [0.25, 0.3) is 5.65 Å². The van der Waals surface area contributed by atoms with Gasteiger partial charge in [-0.2, -0.15) is 0 Å². The fourth-order valence-corrected chi connectivity index (χ4v) is 2.99. The number of rotatable bonds is 5. The van der Waals surface area contributed by atoms with Gasteiger partial charge in [0, 0.05) is 11.2 Å². The van der Waals surface area contributed by atoms with Gasteiger partial charge in [-0.05, 0) is 49.4 Å². The maximum Gasteiger partial charge on any atom is 0.350 e. The third-order valence-electron chi connectivity index (χ3n) is 4.25. The van der Waals surface area contributed by atoms with Crippen LogP contribution in [-0.2, 0) is 11.3 Å². The van der Waals surface area contributed by atoms with Crippen LogP contribution in [0, 0.1) is 6.92 Å². The van der Waals surface area contributed by atoms with Gasteiger partial charge in [0.05, 0.1) is 5.69 Å². The van der Waals surface area contributed by atoms with Gasteiger partial charge >= 0.3 is 5.69 Å². The largest absolute Gasteiger partial charge is 0.455 e. The van der Waals surface area contributed by atoms with Gasteiger partial charge in [-0.15, -0.1) is 5.10 Å². The Kier molecular flexibility index (Phi) is 5.05. The molecule has 1 amide bonds. The molecule has 0 radical (unpaired) electrons. The lowest BCUT2D eigenvalue weighted by Gasteiger charge is -2.13. The van der Waals surface area contributed by atoms with E-state index in [4.69, 9.17) is 16.3 Å². The number of aryl methyl sites for hydroxylation is 1. The molecule has 0 aliphatic rings. The summed E-state index contributed by atoms with van der Waals surface area (Å²) in [6.45, 7) is 1.75. The number of pyridine rings is 1. The molecule has 0 bridgehead atoms. The summed E-state index contributed by atoms with van der Waals surface area (Å²) in [7, 11) is 0. The lowest BCUT2D eigenvalue weighted by Crippen LogP contribution is -2.28. The number of ether oxygens (including phenoxy) is 1. The minimum Gasteiger partial charge on any atom is -0.455 e. The number of hydrogen-bond donors (Lipinski definition) is 1. The van der Waals surface area contributed by atoms with E-state index < -0.39 is 11.6 Å². The van der Waals surface area contributed by atoms with Crippen molar-refractivity contribution in [3.8, 4) is 11.5 Å². The molecule has 0 spiro atoms. The molecular formula is C21H17ClN4O3. The average Bonchev–Trinajstić information content (AvgIpc) is 3.01. The van der Waals surface area contributed by atoms with Crippen molar-refractivity contribution in [3.05, 3.63) is 87.9 Å². The number of benzene rings is 2. The van der Waals surface area contributed by atoms with Crippen LogP contribution in [0.5, 0.6) is 11.5 Å². The zero-order valence-corrected chi connectivity index (χ0v) is 16.3. The average molecular weight is 409 g/mol. The van der Waals surface area contributed by atoms with Gasteiger partial charge in [0.15, 0.2) is 11.4 Å². The Morgan fingerprint density at radius 3 is 2.69 bits per heavy atom. The second-order valence-electron chi connectivity index (χ2n) is 6.47. The fraction of sp³-hybridized carbons (Fsp3) is 0.0952. The molecule has 0 aliphatic heterocycles. The molecule has 2 aromatic carbocycles. The highest BCUT2D eigenvalue weighted by atomic mass is 35.5. The predicted octanol–water partition coefficient (Wildman–Crippen LogP) is 3.89. The van der Waals surface area contributed by atoms with Gasteiger partial charge in [-0.1, -0.05) is 35.4 Å². The van der Waals surface area contributed by atoms with Crippen molar-refractivity contribution in [2.24, 2.45) is 0 Å². The number of aromatic nitrogens is 3. The lowest BCUT2D eigenvalue weighted by atomic mass is 10.2. The van der Waals surface area contributed by atoms with Crippen molar-refractivity contribution in [1.82, 2.24) is 14.2 Å². The second-order valence-corrected chi connectivity index (χ2v) is 6.91. The topological polar surface area (TPSA) is 77.6 Å². The second kappa shape index (κ2) is 7.81. The van der Waals surface area contributed by atoms with Crippen molar-refractivity contribution in [1.29, 1.82) is 0 Å². The van der Waals surface area contributed by atoms with Crippen LogP contribution in [0.1, 0.15) is 5.56 Å². The van der Waals surface area contributed by atoms with Crippen molar-refractivity contribution < 1.29 is 9.53 Å². The summed E-state index contributed by atoms with van der Waals surface area (Å²) < 4.78 is 8.36. The molecule has 4 rings (SSSR count). The van der Waals surface area contributed by atoms with Crippen molar-refractivity contribution in [2.75, 3.05) is 5.32 Å². The number of anilines is 1. The Morgan fingerprint density at radius 1 is 1.14 bits per heavy atom. The molecule has 0 aliphatic carbocycles. The summed E-state index contributed by atoms with van der Waals surface area (Å²) in [5.74, 6) is 0.644. The smallest absolute Gasteiger partial charge is 0.350 e. The van der Waals surface area contributed by atoms with Crippen molar-refractivity contribution in [3.63, 3.8) is 0 Å². The van der Waals surface area contributed by atoms with Gasteiger partial charge in [0.25, 0.3) is 0 Å². The number of carbonyl (C=O) groups is 1. The third kappa shape index (κ3) is 4.14. The van der Waals surface area contributed by atoms with Crippen LogP contribution >= 0.6 is 11.6 Å². The summed E-state index contributed by atoms with van der Waals surface area (Å²) >= 11 is 6.09. The summed E-state index contributed by atoms with van der Waals surface area (Å²) in [6, 6.07) is 17.7. The molecule has 7 nitrogen and oxygen atoms in total. The van der Waals surface area contributed by atoms with Crippen molar-refractivity contribution >= 4 is 28.8 Å². The minimum absolute atomic E-state index is 0.239. The molecule has 29 heavy (non-hydrogen) atoms. The molecule has 8 heteroatoms.